The molecule has 3 saturated heterocycles. The van der Waals surface area contributed by atoms with E-state index in [9.17, 15) is 9.18 Å². The topological polar surface area (TPSA) is 74.7 Å². The van der Waals surface area contributed by atoms with Crippen molar-refractivity contribution in [2.24, 2.45) is 5.92 Å². The summed E-state index contributed by atoms with van der Waals surface area (Å²) in [5, 5.41) is 2.52. The van der Waals surface area contributed by atoms with Crippen molar-refractivity contribution in [1.82, 2.24) is 24.8 Å². The number of hydrogen-bond donors (Lipinski definition) is 0. The van der Waals surface area contributed by atoms with Crippen LogP contribution in [0.3, 0.4) is 0 Å². The SMILES string of the molecule is C=CC(=O)N1CCC(CN(C)c2nc(OC[C@@]34CCCN3C[C@H](F)C4)nc3c(F)c(-c4cccc5cccc(Cl)c45)ncc23)C1. The number of carbonyl (C=O) groups is 1. The van der Waals surface area contributed by atoms with Crippen molar-refractivity contribution in [3.63, 3.8) is 0 Å². The highest BCUT2D eigenvalue weighted by molar-refractivity contribution is 6.36. The number of hydrogen-bond acceptors (Lipinski definition) is 7. The fourth-order valence-corrected chi connectivity index (χ4v) is 7.77. The predicted molar refractivity (Wildman–Crippen MR) is 172 cm³/mol. The lowest BCUT2D eigenvalue weighted by atomic mass is 9.95. The van der Waals surface area contributed by atoms with E-state index in [1.165, 1.54) is 6.08 Å². The summed E-state index contributed by atoms with van der Waals surface area (Å²) in [5.41, 5.74) is 0.370. The van der Waals surface area contributed by atoms with Crippen molar-refractivity contribution in [3.8, 4) is 17.3 Å². The number of rotatable bonds is 8. The molecule has 0 spiro atoms. The van der Waals surface area contributed by atoms with Crippen molar-refractivity contribution in [3.05, 3.63) is 66.1 Å². The second kappa shape index (κ2) is 11.8. The third kappa shape index (κ3) is 5.37. The van der Waals surface area contributed by atoms with Crippen molar-refractivity contribution in [1.29, 1.82) is 0 Å². The highest BCUT2D eigenvalue weighted by Crippen LogP contribution is 2.41. The number of amides is 1. The number of aromatic nitrogens is 3. The van der Waals surface area contributed by atoms with Gasteiger partial charge in [-0.15, -0.1) is 0 Å². The predicted octanol–water partition coefficient (Wildman–Crippen LogP) is 6.06. The maximum Gasteiger partial charge on any atom is 0.319 e. The molecule has 2 aromatic heterocycles. The van der Waals surface area contributed by atoms with Gasteiger partial charge in [0.15, 0.2) is 5.82 Å². The smallest absolute Gasteiger partial charge is 0.319 e. The molecular formula is C34H35ClF2N6O2. The van der Waals surface area contributed by atoms with Crippen LogP contribution in [0.4, 0.5) is 14.6 Å². The van der Waals surface area contributed by atoms with Crippen LogP contribution in [-0.2, 0) is 4.79 Å². The quantitative estimate of drug-likeness (QED) is 0.219. The molecule has 1 amide bonds. The number of benzene rings is 2. The standard InChI is InChI=1S/C34H35ClF2N6O2/c1-3-27(44)42-14-11-21(18-42)17-41(2)32-25-16-38-30(24-9-4-7-22-8-5-10-26(35)28(22)24)29(37)31(25)39-33(40-32)45-20-34-12-6-13-43(34)19-23(36)15-34/h3-5,7-10,16,21,23H,1,6,11-15,17-20H2,2H3/t21?,23-,34+/m1/s1. The minimum absolute atomic E-state index is 0.0368. The third-order valence-corrected chi connectivity index (χ3v) is 9.96. The molecule has 3 aliphatic rings. The second-order valence-electron chi connectivity index (χ2n) is 12.5. The molecule has 7 rings (SSSR count). The fraction of sp³-hybridized carbons (Fsp3) is 0.412. The van der Waals surface area contributed by atoms with Gasteiger partial charge in [0.25, 0.3) is 0 Å². The first-order valence-corrected chi connectivity index (χ1v) is 15.8. The Kier molecular flexibility index (Phi) is 7.81. The zero-order valence-corrected chi connectivity index (χ0v) is 25.9. The number of anilines is 1. The Bertz CT molecular complexity index is 1800. The molecule has 5 heterocycles. The van der Waals surface area contributed by atoms with E-state index in [0.29, 0.717) is 59.8 Å². The van der Waals surface area contributed by atoms with E-state index in [1.807, 2.05) is 36.2 Å². The molecule has 0 aliphatic carbocycles. The lowest BCUT2D eigenvalue weighted by Gasteiger charge is -2.31. The van der Waals surface area contributed by atoms with Crippen LogP contribution in [0.15, 0.2) is 55.3 Å². The van der Waals surface area contributed by atoms with E-state index < -0.39 is 17.5 Å². The Morgan fingerprint density at radius 1 is 1.22 bits per heavy atom. The van der Waals surface area contributed by atoms with Gasteiger partial charge in [-0.05, 0) is 49.3 Å². The molecule has 0 N–H and O–H groups in total. The molecule has 0 radical (unpaired) electrons. The van der Waals surface area contributed by atoms with Crippen LogP contribution in [0.1, 0.15) is 25.7 Å². The van der Waals surface area contributed by atoms with Gasteiger partial charge in [-0.2, -0.15) is 9.97 Å². The van der Waals surface area contributed by atoms with Crippen LogP contribution in [0.2, 0.25) is 5.02 Å². The molecule has 3 aliphatic heterocycles. The summed E-state index contributed by atoms with van der Waals surface area (Å²) < 4.78 is 37.3. The Balaban J connectivity index is 1.28. The first-order valence-electron chi connectivity index (χ1n) is 15.4. The molecule has 45 heavy (non-hydrogen) atoms. The normalized spacial score (nSPS) is 23.2. The van der Waals surface area contributed by atoms with Gasteiger partial charge in [0.1, 0.15) is 29.8 Å². The largest absolute Gasteiger partial charge is 0.461 e. The Labute approximate surface area is 265 Å². The number of halogens is 3. The van der Waals surface area contributed by atoms with Crippen molar-refractivity contribution < 1.29 is 18.3 Å². The summed E-state index contributed by atoms with van der Waals surface area (Å²) in [7, 11) is 1.89. The molecule has 3 fully saturated rings. The summed E-state index contributed by atoms with van der Waals surface area (Å²) in [6.07, 6.45) is 5.08. The van der Waals surface area contributed by atoms with E-state index in [-0.39, 0.29) is 35.7 Å². The molecule has 4 aromatic rings. The number of likely N-dealkylation sites (tertiary alicyclic amines) is 1. The highest BCUT2D eigenvalue weighted by atomic mass is 35.5. The molecule has 11 heteroatoms. The molecule has 0 saturated carbocycles. The summed E-state index contributed by atoms with van der Waals surface area (Å²) >= 11 is 6.59. The summed E-state index contributed by atoms with van der Waals surface area (Å²) in [6, 6.07) is 11.2. The van der Waals surface area contributed by atoms with Crippen LogP contribution in [0.5, 0.6) is 6.01 Å². The van der Waals surface area contributed by atoms with Crippen LogP contribution in [0, 0.1) is 11.7 Å². The number of alkyl halides is 1. The minimum Gasteiger partial charge on any atom is -0.461 e. The second-order valence-corrected chi connectivity index (χ2v) is 13.0. The third-order valence-electron chi connectivity index (χ3n) is 9.65. The zero-order chi connectivity index (χ0) is 31.3. The van der Waals surface area contributed by atoms with Crippen LogP contribution in [0.25, 0.3) is 32.9 Å². The number of nitrogens with zero attached hydrogens (tertiary/aromatic N) is 6. The van der Waals surface area contributed by atoms with Crippen molar-refractivity contribution >= 4 is 45.0 Å². The van der Waals surface area contributed by atoms with Crippen LogP contribution in [-0.4, -0.2) is 88.7 Å². The van der Waals surface area contributed by atoms with Crippen molar-refractivity contribution in [2.45, 2.75) is 37.4 Å². The Hall–Kier alpha value is -3.89. The van der Waals surface area contributed by atoms with E-state index in [2.05, 4.69) is 21.4 Å². The van der Waals surface area contributed by atoms with Gasteiger partial charge in [0, 0.05) is 61.8 Å². The van der Waals surface area contributed by atoms with E-state index in [1.54, 1.807) is 23.2 Å². The monoisotopic (exact) mass is 632 g/mol. The maximum atomic E-state index is 16.6. The van der Waals surface area contributed by atoms with Gasteiger partial charge in [0.2, 0.25) is 5.91 Å². The van der Waals surface area contributed by atoms with Crippen molar-refractivity contribution in [2.75, 3.05) is 51.3 Å². The highest BCUT2D eigenvalue weighted by Gasteiger charge is 2.49. The average Bonchev–Trinajstić information content (AvgIpc) is 3.74. The lowest BCUT2D eigenvalue weighted by molar-refractivity contribution is -0.125. The minimum atomic E-state index is -0.898. The first kappa shape index (κ1) is 29.8. The zero-order valence-electron chi connectivity index (χ0n) is 25.2. The molecule has 0 bridgehead atoms. The number of fused-ring (bicyclic) bond motifs is 3. The van der Waals surface area contributed by atoms with Crippen LogP contribution >= 0.6 is 11.6 Å². The van der Waals surface area contributed by atoms with Gasteiger partial charge in [0.05, 0.1) is 10.9 Å². The van der Waals surface area contributed by atoms with Gasteiger partial charge < -0.3 is 14.5 Å². The fourth-order valence-electron chi connectivity index (χ4n) is 7.49. The lowest BCUT2D eigenvalue weighted by Crippen LogP contribution is -2.43. The Morgan fingerprint density at radius 2 is 2.04 bits per heavy atom. The average molecular weight is 633 g/mol. The molecule has 1 unspecified atom stereocenters. The first-order chi connectivity index (χ1) is 21.8. The van der Waals surface area contributed by atoms with Gasteiger partial charge in [-0.1, -0.05) is 48.5 Å². The summed E-state index contributed by atoms with van der Waals surface area (Å²) in [6.45, 7) is 6.90. The van der Waals surface area contributed by atoms with Crippen LogP contribution < -0.4 is 9.64 Å². The maximum absolute atomic E-state index is 16.6. The molecule has 2 aromatic carbocycles. The Morgan fingerprint density at radius 3 is 2.87 bits per heavy atom. The molecule has 3 atom stereocenters. The van der Waals surface area contributed by atoms with E-state index in [0.717, 1.165) is 31.2 Å². The number of pyridine rings is 1. The molecule has 234 valence electrons. The van der Waals surface area contributed by atoms with E-state index >= 15 is 4.39 Å². The van der Waals surface area contributed by atoms with Gasteiger partial charge in [-0.3, -0.25) is 14.7 Å². The molecule has 8 nitrogen and oxygen atoms in total. The molecular weight excluding hydrogens is 598 g/mol. The number of ether oxygens (including phenoxy) is 1. The van der Waals surface area contributed by atoms with Gasteiger partial charge >= 0.3 is 6.01 Å². The van der Waals surface area contributed by atoms with E-state index in [4.69, 9.17) is 21.3 Å². The number of carbonyl (C=O) groups excluding carboxylic acids is 1. The summed E-state index contributed by atoms with van der Waals surface area (Å²) in [4.78, 5) is 32.0. The summed E-state index contributed by atoms with van der Waals surface area (Å²) in [5.74, 6) is -0.0173. The van der Waals surface area contributed by atoms with Gasteiger partial charge in [-0.25, -0.2) is 8.78 Å².